The maximum atomic E-state index is 12.6. The summed E-state index contributed by atoms with van der Waals surface area (Å²) in [6.45, 7) is 5.02. The minimum absolute atomic E-state index is 0.183. The van der Waals surface area contributed by atoms with Gasteiger partial charge in [-0.1, -0.05) is 19.1 Å². The molecule has 1 fully saturated rings. The number of aryl methyl sites for hydroxylation is 1. The van der Waals surface area contributed by atoms with E-state index in [0.29, 0.717) is 18.8 Å². The zero-order valence-corrected chi connectivity index (χ0v) is 17.1. The van der Waals surface area contributed by atoms with Crippen LogP contribution in [0.3, 0.4) is 0 Å². The van der Waals surface area contributed by atoms with Crippen molar-refractivity contribution in [2.24, 2.45) is 0 Å². The number of amides is 1. The molecule has 1 saturated heterocycles. The number of carbonyl (C=O) groups is 1. The van der Waals surface area contributed by atoms with Gasteiger partial charge in [0.25, 0.3) is 0 Å². The number of hydrogen-bond donors (Lipinski definition) is 2. The van der Waals surface area contributed by atoms with Crippen molar-refractivity contribution in [2.45, 2.75) is 44.0 Å². The lowest BCUT2D eigenvalue weighted by atomic mass is 10.1. The van der Waals surface area contributed by atoms with Crippen LogP contribution in [0, 0.1) is 0 Å². The topological polar surface area (TPSA) is 78.5 Å². The van der Waals surface area contributed by atoms with E-state index in [1.165, 1.54) is 9.87 Å². The number of carbonyl (C=O) groups excluding carboxylic acids is 1. The molecule has 7 heteroatoms. The van der Waals surface area contributed by atoms with Gasteiger partial charge in [-0.05, 0) is 68.1 Å². The summed E-state index contributed by atoms with van der Waals surface area (Å²) in [5, 5.41) is 6.02. The molecule has 6 nitrogen and oxygen atoms in total. The minimum atomic E-state index is -3.44. The predicted molar refractivity (Wildman–Crippen MR) is 112 cm³/mol. The Morgan fingerprint density at radius 2 is 1.75 bits per heavy atom. The lowest BCUT2D eigenvalue weighted by Crippen LogP contribution is -2.32. The second-order valence-corrected chi connectivity index (χ2v) is 8.98. The highest BCUT2D eigenvalue weighted by molar-refractivity contribution is 7.89. The number of hydrogen-bond acceptors (Lipinski definition) is 4. The van der Waals surface area contributed by atoms with Crippen molar-refractivity contribution in [2.75, 3.05) is 23.7 Å². The van der Waals surface area contributed by atoms with Gasteiger partial charge in [0.1, 0.15) is 6.04 Å². The fourth-order valence-corrected chi connectivity index (χ4v) is 4.75. The molecular weight excluding hydrogens is 374 g/mol. The summed E-state index contributed by atoms with van der Waals surface area (Å²) in [6.07, 6.45) is 2.74. The molecule has 28 heavy (non-hydrogen) atoms. The number of benzene rings is 2. The highest BCUT2D eigenvalue weighted by atomic mass is 32.2. The van der Waals surface area contributed by atoms with Crippen molar-refractivity contribution in [1.29, 1.82) is 0 Å². The van der Waals surface area contributed by atoms with E-state index < -0.39 is 16.1 Å². The summed E-state index contributed by atoms with van der Waals surface area (Å²) < 4.78 is 26.6. The van der Waals surface area contributed by atoms with E-state index in [1.54, 1.807) is 31.2 Å². The maximum absolute atomic E-state index is 12.6. The van der Waals surface area contributed by atoms with Gasteiger partial charge >= 0.3 is 0 Å². The molecule has 0 radical (unpaired) electrons. The van der Waals surface area contributed by atoms with E-state index in [1.807, 2.05) is 24.3 Å². The van der Waals surface area contributed by atoms with E-state index in [-0.39, 0.29) is 10.8 Å². The normalized spacial score (nSPS) is 15.9. The van der Waals surface area contributed by atoms with Crippen molar-refractivity contribution in [3.05, 3.63) is 54.1 Å². The third-order valence-electron chi connectivity index (χ3n) is 4.94. The van der Waals surface area contributed by atoms with Crippen molar-refractivity contribution in [3.63, 3.8) is 0 Å². The van der Waals surface area contributed by atoms with Crippen molar-refractivity contribution < 1.29 is 13.2 Å². The molecule has 3 rings (SSSR count). The van der Waals surface area contributed by atoms with E-state index in [9.17, 15) is 13.2 Å². The Hall–Kier alpha value is -2.38. The molecule has 1 aliphatic heterocycles. The van der Waals surface area contributed by atoms with Gasteiger partial charge in [0.15, 0.2) is 0 Å². The van der Waals surface area contributed by atoms with Crippen LogP contribution in [-0.2, 0) is 21.2 Å². The maximum Gasteiger partial charge on any atom is 0.246 e. The van der Waals surface area contributed by atoms with E-state index in [2.05, 4.69) is 17.6 Å². The van der Waals surface area contributed by atoms with Crippen LogP contribution in [0.15, 0.2) is 53.4 Å². The Kier molecular flexibility index (Phi) is 6.36. The van der Waals surface area contributed by atoms with Crippen molar-refractivity contribution in [3.8, 4) is 0 Å². The average Bonchev–Trinajstić information content (AvgIpc) is 3.24. The van der Waals surface area contributed by atoms with Crippen LogP contribution in [-0.4, -0.2) is 37.8 Å². The molecule has 0 unspecified atom stereocenters. The third-order valence-corrected chi connectivity index (χ3v) is 6.85. The smallest absolute Gasteiger partial charge is 0.246 e. The molecule has 150 valence electrons. The summed E-state index contributed by atoms with van der Waals surface area (Å²) in [5.74, 6) is -0.183. The Balaban J connectivity index is 1.62. The van der Waals surface area contributed by atoms with E-state index >= 15 is 0 Å². The first-order valence-electron chi connectivity index (χ1n) is 9.66. The fourth-order valence-electron chi connectivity index (χ4n) is 3.23. The molecule has 0 spiro atoms. The largest absolute Gasteiger partial charge is 0.374 e. The minimum Gasteiger partial charge on any atom is -0.374 e. The van der Waals surface area contributed by atoms with Crippen LogP contribution in [0.25, 0.3) is 0 Å². The molecule has 1 amide bonds. The lowest BCUT2D eigenvalue weighted by Gasteiger charge is -2.17. The van der Waals surface area contributed by atoms with Gasteiger partial charge < -0.3 is 10.6 Å². The molecule has 2 aromatic carbocycles. The van der Waals surface area contributed by atoms with Crippen LogP contribution in [0.5, 0.6) is 0 Å². The fraction of sp³-hybridized carbons (Fsp3) is 0.381. The molecular formula is C21H27N3O3S. The number of anilines is 2. The number of rotatable bonds is 7. The molecule has 0 aliphatic carbocycles. The summed E-state index contributed by atoms with van der Waals surface area (Å²) in [6, 6.07) is 13.9. The van der Waals surface area contributed by atoms with Gasteiger partial charge in [0.05, 0.1) is 4.90 Å². The summed E-state index contributed by atoms with van der Waals surface area (Å²) in [4.78, 5) is 12.7. The Morgan fingerprint density at radius 3 is 2.39 bits per heavy atom. The van der Waals surface area contributed by atoms with Gasteiger partial charge in [-0.2, -0.15) is 4.31 Å². The summed E-state index contributed by atoms with van der Waals surface area (Å²) in [5.41, 5.74) is 2.67. The molecule has 0 saturated carbocycles. The molecule has 1 aliphatic rings. The van der Waals surface area contributed by atoms with E-state index in [0.717, 1.165) is 24.9 Å². The van der Waals surface area contributed by atoms with Gasteiger partial charge in [-0.3, -0.25) is 4.79 Å². The predicted octanol–water partition coefficient (Wildman–Crippen LogP) is 3.47. The zero-order chi connectivity index (χ0) is 20.1. The first-order chi connectivity index (χ1) is 13.4. The van der Waals surface area contributed by atoms with Gasteiger partial charge in [0, 0.05) is 24.5 Å². The van der Waals surface area contributed by atoms with Crippen LogP contribution < -0.4 is 10.6 Å². The SMILES string of the molecule is CCc1cccc(N[C@H](C)C(=O)Nc2ccc(S(=O)(=O)N3CCCC3)cc2)c1. The van der Waals surface area contributed by atoms with Crippen molar-refractivity contribution in [1.82, 2.24) is 4.31 Å². The first-order valence-corrected chi connectivity index (χ1v) is 11.1. The van der Waals surface area contributed by atoms with Crippen LogP contribution in [0.2, 0.25) is 0 Å². The standard InChI is InChI=1S/C21H27N3O3S/c1-3-17-7-6-8-19(15-17)22-16(2)21(25)23-18-9-11-20(12-10-18)28(26,27)24-13-4-5-14-24/h6-12,15-16,22H,3-5,13-14H2,1-2H3,(H,23,25)/t16-/m1/s1. The first kappa shape index (κ1) is 20.4. The number of nitrogens with zero attached hydrogens (tertiary/aromatic N) is 1. The molecule has 2 N–H and O–H groups in total. The highest BCUT2D eigenvalue weighted by Gasteiger charge is 2.27. The summed E-state index contributed by atoms with van der Waals surface area (Å²) >= 11 is 0. The molecule has 1 heterocycles. The highest BCUT2D eigenvalue weighted by Crippen LogP contribution is 2.22. The van der Waals surface area contributed by atoms with Crippen LogP contribution in [0.4, 0.5) is 11.4 Å². The van der Waals surface area contributed by atoms with Crippen molar-refractivity contribution >= 4 is 27.3 Å². The number of nitrogens with one attached hydrogen (secondary N) is 2. The Morgan fingerprint density at radius 1 is 1.07 bits per heavy atom. The second-order valence-electron chi connectivity index (χ2n) is 7.04. The van der Waals surface area contributed by atoms with E-state index in [4.69, 9.17) is 0 Å². The zero-order valence-electron chi connectivity index (χ0n) is 16.3. The lowest BCUT2D eigenvalue weighted by molar-refractivity contribution is -0.116. The second kappa shape index (κ2) is 8.75. The van der Waals surface area contributed by atoms with Gasteiger partial charge in [-0.25, -0.2) is 8.42 Å². The molecule has 1 atom stereocenters. The average molecular weight is 402 g/mol. The number of sulfonamides is 1. The molecule has 0 bridgehead atoms. The molecule has 0 aromatic heterocycles. The molecule has 2 aromatic rings. The monoisotopic (exact) mass is 401 g/mol. The van der Waals surface area contributed by atoms with Crippen LogP contribution >= 0.6 is 0 Å². The Bertz CT molecular complexity index is 920. The van der Waals surface area contributed by atoms with Gasteiger partial charge in [0.2, 0.25) is 15.9 Å². The van der Waals surface area contributed by atoms with Gasteiger partial charge in [-0.15, -0.1) is 0 Å². The quantitative estimate of drug-likeness (QED) is 0.745. The Labute approximate surface area is 167 Å². The summed E-state index contributed by atoms with van der Waals surface area (Å²) in [7, 11) is -3.44. The third kappa shape index (κ3) is 4.72. The van der Waals surface area contributed by atoms with Crippen LogP contribution in [0.1, 0.15) is 32.3 Å².